The van der Waals surface area contributed by atoms with Gasteiger partial charge in [0.2, 0.25) is 0 Å². The standard InChI is InChI=1S/C20H16N4O5S2/c1-28-15-8-10-16(11-9-15)31(26,27)24-14-6-4-13(5-7-14)18(25)21-20-23-22-19(29-20)17-3-2-12-30-17/h2-12,24H,1H3,(H,21,23,25). The Balaban J connectivity index is 1.42. The molecule has 0 aliphatic rings. The number of amides is 1. The van der Waals surface area contributed by atoms with Crippen LogP contribution in [0.3, 0.4) is 0 Å². The number of anilines is 2. The van der Waals surface area contributed by atoms with Crippen molar-refractivity contribution >= 4 is 39.0 Å². The summed E-state index contributed by atoms with van der Waals surface area (Å²) in [5, 5.41) is 12.1. The van der Waals surface area contributed by atoms with Crippen LogP contribution in [0.25, 0.3) is 10.8 Å². The minimum atomic E-state index is -3.78. The number of rotatable bonds is 7. The highest BCUT2D eigenvalue weighted by molar-refractivity contribution is 7.92. The largest absolute Gasteiger partial charge is 0.497 e. The van der Waals surface area contributed by atoms with Gasteiger partial charge in [0.1, 0.15) is 5.75 Å². The predicted molar refractivity (Wildman–Crippen MR) is 116 cm³/mol. The summed E-state index contributed by atoms with van der Waals surface area (Å²) < 4.78 is 37.9. The van der Waals surface area contributed by atoms with E-state index < -0.39 is 15.9 Å². The molecule has 31 heavy (non-hydrogen) atoms. The molecule has 9 nitrogen and oxygen atoms in total. The van der Waals surface area contributed by atoms with Gasteiger partial charge in [-0.3, -0.25) is 14.8 Å². The van der Waals surface area contributed by atoms with Crippen molar-refractivity contribution in [1.82, 2.24) is 10.2 Å². The van der Waals surface area contributed by atoms with Crippen LogP contribution in [0, 0.1) is 0 Å². The third-order valence-corrected chi connectivity index (χ3v) is 6.40. The maximum Gasteiger partial charge on any atom is 0.322 e. The van der Waals surface area contributed by atoms with Crippen LogP contribution in [-0.4, -0.2) is 31.6 Å². The van der Waals surface area contributed by atoms with Crippen molar-refractivity contribution in [1.29, 1.82) is 0 Å². The monoisotopic (exact) mass is 456 g/mol. The van der Waals surface area contributed by atoms with E-state index in [0.717, 1.165) is 4.88 Å². The number of ether oxygens (including phenoxy) is 1. The molecule has 0 bridgehead atoms. The lowest BCUT2D eigenvalue weighted by atomic mass is 10.2. The van der Waals surface area contributed by atoms with Crippen LogP contribution in [0.2, 0.25) is 0 Å². The van der Waals surface area contributed by atoms with E-state index in [4.69, 9.17) is 9.15 Å². The Morgan fingerprint density at radius 3 is 2.42 bits per heavy atom. The number of thiophene rings is 1. The molecular weight excluding hydrogens is 440 g/mol. The van der Waals surface area contributed by atoms with Crippen molar-refractivity contribution < 1.29 is 22.4 Å². The van der Waals surface area contributed by atoms with E-state index >= 15 is 0 Å². The Kier molecular flexibility index (Phi) is 5.69. The second-order valence-electron chi connectivity index (χ2n) is 6.20. The topological polar surface area (TPSA) is 123 Å². The summed E-state index contributed by atoms with van der Waals surface area (Å²) in [4.78, 5) is 13.3. The summed E-state index contributed by atoms with van der Waals surface area (Å²) in [6.07, 6.45) is 0. The van der Waals surface area contributed by atoms with Crippen molar-refractivity contribution in [3.63, 3.8) is 0 Å². The lowest BCUT2D eigenvalue weighted by Gasteiger charge is -2.09. The van der Waals surface area contributed by atoms with Gasteiger partial charge < -0.3 is 9.15 Å². The molecule has 0 radical (unpaired) electrons. The van der Waals surface area contributed by atoms with Crippen LogP contribution in [0.1, 0.15) is 10.4 Å². The quantitative estimate of drug-likeness (QED) is 0.433. The molecule has 0 atom stereocenters. The lowest BCUT2D eigenvalue weighted by Crippen LogP contribution is -2.14. The fraction of sp³-hybridized carbons (Fsp3) is 0.0500. The molecular formula is C20H16N4O5S2. The van der Waals surface area contributed by atoms with Gasteiger partial charge >= 0.3 is 6.01 Å². The van der Waals surface area contributed by atoms with Crippen LogP contribution in [0.4, 0.5) is 11.7 Å². The van der Waals surface area contributed by atoms with Gasteiger partial charge in [-0.15, -0.1) is 16.4 Å². The summed E-state index contributed by atoms with van der Waals surface area (Å²) in [5.41, 5.74) is 0.605. The number of benzene rings is 2. The minimum absolute atomic E-state index is 0.0299. The van der Waals surface area contributed by atoms with E-state index in [1.807, 2.05) is 17.5 Å². The fourth-order valence-electron chi connectivity index (χ4n) is 2.60. The van der Waals surface area contributed by atoms with Crippen LogP contribution < -0.4 is 14.8 Å². The summed E-state index contributed by atoms with van der Waals surface area (Å²) in [5.74, 6) is 0.401. The highest BCUT2D eigenvalue weighted by Crippen LogP contribution is 2.25. The number of nitrogens with zero attached hydrogens (tertiary/aromatic N) is 2. The molecule has 0 unspecified atom stereocenters. The summed E-state index contributed by atoms with van der Waals surface area (Å²) in [6.45, 7) is 0. The maximum absolute atomic E-state index is 12.5. The van der Waals surface area contributed by atoms with Crippen LogP contribution in [-0.2, 0) is 10.0 Å². The molecule has 2 aromatic carbocycles. The molecule has 158 valence electrons. The van der Waals surface area contributed by atoms with E-state index in [9.17, 15) is 13.2 Å². The van der Waals surface area contributed by atoms with E-state index in [0.29, 0.717) is 22.9 Å². The van der Waals surface area contributed by atoms with Crippen molar-refractivity contribution in [2.75, 3.05) is 17.1 Å². The number of carbonyl (C=O) groups is 1. The van der Waals surface area contributed by atoms with Gasteiger partial charge in [-0.1, -0.05) is 11.2 Å². The third kappa shape index (κ3) is 4.73. The van der Waals surface area contributed by atoms with E-state index in [1.165, 1.54) is 54.8 Å². The highest BCUT2D eigenvalue weighted by Gasteiger charge is 2.16. The number of sulfonamides is 1. The lowest BCUT2D eigenvalue weighted by molar-refractivity contribution is 0.102. The van der Waals surface area contributed by atoms with Crippen LogP contribution in [0.5, 0.6) is 5.75 Å². The number of nitrogens with one attached hydrogen (secondary N) is 2. The second kappa shape index (κ2) is 8.58. The first kappa shape index (κ1) is 20.6. The maximum atomic E-state index is 12.5. The number of carbonyl (C=O) groups excluding carboxylic acids is 1. The van der Waals surface area contributed by atoms with E-state index in [1.54, 1.807) is 12.1 Å². The summed E-state index contributed by atoms with van der Waals surface area (Å²) in [7, 11) is -2.28. The zero-order valence-corrected chi connectivity index (χ0v) is 17.7. The number of methoxy groups -OCH3 is 1. The first-order chi connectivity index (χ1) is 14.9. The van der Waals surface area contributed by atoms with Gasteiger partial charge in [-0.2, -0.15) is 0 Å². The summed E-state index contributed by atoms with van der Waals surface area (Å²) >= 11 is 1.44. The Morgan fingerprint density at radius 1 is 1.03 bits per heavy atom. The number of hydrogen-bond donors (Lipinski definition) is 2. The molecule has 0 saturated carbocycles. The van der Waals surface area contributed by atoms with Gasteiger partial charge in [-0.25, -0.2) is 8.42 Å². The van der Waals surface area contributed by atoms with E-state index in [-0.39, 0.29) is 10.9 Å². The third-order valence-electron chi connectivity index (χ3n) is 4.15. The average molecular weight is 457 g/mol. The normalized spacial score (nSPS) is 11.1. The molecule has 0 fully saturated rings. The molecule has 0 aliphatic carbocycles. The Labute approximate surface area is 181 Å². The molecule has 2 heterocycles. The highest BCUT2D eigenvalue weighted by atomic mass is 32.2. The molecule has 4 aromatic rings. The van der Waals surface area contributed by atoms with Gasteiger partial charge in [0.15, 0.2) is 0 Å². The Morgan fingerprint density at radius 2 is 1.77 bits per heavy atom. The molecule has 2 aromatic heterocycles. The molecule has 1 amide bonds. The first-order valence-electron chi connectivity index (χ1n) is 8.90. The predicted octanol–water partition coefficient (Wildman–Crippen LogP) is 3.86. The van der Waals surface area contributed by atoms with Crippen LogP contribution >= 0.6 is 11.3 Å². The molecule has 4 rings (SSSR count). The molecule has 0 saturated heterocycles. The zero-order chi connectivity index (χ0) is 21.8. The number of aromatic nitrogens is 2. The molecule has 11 heteroatoms. The van der Waals surface area contributed by atoms with Crippen molar-refractivity contribution in [2.45, 2.75) is 4.90 Å². The van der Waals surface area contributed by atoms with Gasteiger partial charge in [0.05, 0.1) is 16.9 Å². The van der Waals surface area contributed by atoms with Gasteiger partial charge in [-0.05, 0) is 60.0 Å². The Bertz CT molecular complexity index is 1280. The molecule has 0 spiro atoms. The number of hydrogen-bond acceptors (Lipinski definition) is 8. The first-order valence-corrected chi connectivity index (χ1v) is 11.3. The van der Waals surface area contributed by atoms with Gasteiger partial charge in [0, 0.05) is 11.3 Å². The Hall–Kier alpha value is -3.70. The van der Waals surface area contributed by atoms with Crippen molar-refractivity contribution in [3.05, 3.63) is 71.6 Å². The average Bonchev–Trinajstić information content (AvgIpc) is 3.46. The SMILES string of the molecule is COc1ccc(S(=O)(=O)Nc2ccc(C(=O)Nc3nnc(-c4cccs4)o3)cc2)cc1. The second-order valence-corrected chi connectivity index (χ2v) is 8.83. The van der Waals surface area contributed by atoms with Crippen molar-refractivity contribution in [2.24, 2.45) is 0 Å². The molecule has 0 aliphatic heterocycles. The van der Waals surface area contributed by atoms with E-state index in [2.05, 4.69) is 20.2 Å². The smallest absolute Gasteiger partial charge is 0.322 e. The molecule has 2 N–H and O–H groups in total. The summed E-state index contributed by atoms with van der Waals surface area (Å²) in [6, 6.07) is 15.6. The minimum Gasteiger partial charge on any atom is -0.497 e. The van der Waals surface area contributed by atoms with Gasteiger partial charge in [0.25, 0.3) is 21.8 Å². The fourth-order valence-corrected chi connectivity index (χ4v) is 4.30. The van der Waals surface area contributed by atoms with Crippen LogP contribution in [0.15, 0.2) is 75.4 Å². The zero-order valence-electron chi connectivity index (χ0n) is 16.1. The van der Waals surface area contributed by atoms with Crippen molar-refractivity contribution in [3.8, 4) is 16.5 Å².